The highest BCUT2D eigenvalue weighted by atomic mass is 17.3. The Hall–Kier alpha value is -3.50. The number of rotatable bonds is 14. The van der Waals surface area contributed by atoms with Crippen LogP contribution >= 0.6 is 0 Å². The number of methoxy groups -OCH3 is 4. The van der Waals surface area contributed by atoms with Crippen LogP contribution < -0.4 is 18.9 Å². The molecule has 0 spiro atoms. The molecule has 10 nitrogen and oxygen atoms in total. The third kappa shape index (κ3) is 7.00. The SMILES string of the molecule is CCCCCC(OOC(=O)c1cccc(OC)c1OC)OOC(=O)c1cccc(OC)c1OC. The molecule has 0 saturated heterocycles. The lowest BCUT2D eigenvalue weighted by Crippen LogP contribution is -2.22. The van der Waals surface area contributed by atoms with Gasteiger partial charge in [-0.2, -0.15) is 0 Å². The molecule has 2 aromatic rings. The van der Waals surface area contributed by atoms with Crippen LogP contribution in [0.2, 0.25) is 0 Å². The molecule has 0 N–H and O–H groups in total. The molecule has 2 aromatic carbocycles. The van der Waals surface area contributed by atoms with E-state index in [2.05, 4.69) is 0 Å². The monoisotopic (exact) mass is 478 g/mol. The third-order valence-corrected chi connectivity index (χ3v) is 4.75. The highest BCUT2D eigenvalue weighted by Crippen LogP contribution is 2.32. The molecule has 0 aliphatic rings. The summed E-state index contributed by atoms with van der Waals surface area (Å²) in [4.78, 5) is 45.4. The Labute approximate surface area is 198 Å². The zero-order valence-corrected chi connectivity index (χ0v) is 20.0. The predicted molar refractivity (Wildman–Crippen MR) is 120 cm³/mol. The molecule has 186 valence electrons. The minimum absolute atomic E-state index is 0.0901. The summed E-state index contributed by atoms with van der Waals surface area (Å²) in [6, 6.07) is 9.48. The zero-order valence-electron chi connectivity index (χ0n) is 20.0. The number of unbranched alkanes of at least 4 members (excludes halogenated alkanes) is 2. The van der Waals surface area contributed by atoms with Crippen molar-refractivity contribution in [3.8, 4) is 23.0 Å². The van der Waals surface area contributed by atoms with Gasteiger partial charge >= 0.3 is 11.9 Å². The third-order valence-electron chi connectivity index (χ3n) is 4.75. The molecule has 34 heavy (non-hydrogen) atoms. The van der Waals surface area contributed by atoms with Crippen LogP contribution in [0.15, 0.2) is 36.4 Å². The molecular weight excluding hydrogens is 448 g/mol. The minimum atomic E-state index is -1.16. The van der Waals surface area contributed by atoms with Crippen molar-refractivity contribution < 1.29 is 48.1 Å². The Balaban J connectivity index is 2.07. The summed E-state index contributed by atoms with van der Waals surface area (Å²) in [5.74, 6) is -0.568. The first-order chi connectivity index (χ1) is 16.5. The van der Waals surface area contributed by atoms with Crippen molar-refractivity contribution in [3.05, 3.63) is 47.5 Å². The summed E-state index contributed by atoms with van der Waals surface area (Å²) in [6.45, 7) is 2.03. The number of hydrogen-bond acceptors (Lipinski definition) is 10. The van der Waals surface area contributed by atoms with E-state index in [-0.39, 0.29) is 22.6 Å². The van der Waals surface area contributed by atoms with E-state index in [1.807, 2.05) is 6.92 Å². The second kappa shape index (κ2) is 13.9. The van der Waals surface area contributed by atoms with E-state index in [1.54, 1.807) is 24.3 Å². The van der Waals surface area contributed by atoms with E-state index < -0.39 is 18.2 Å². The summed E-state index contributed by atoms with van der Waals surface area (Å²) < 4.78 is 20.8. The zero-order chi connectivity index (χ0) is 24.9. The Morgan fingerprint density at radius 3 is 1.56 bits per heavy atom. The molecule has 0 aromatic heterocycles. The molecule has 0 saturated carbocycles. The minimum Gasteiger partial charge on any atom is -0.493 e. The summed E-state index contributed by atoms with van der Waals surface area (Å²) in [6.07, 6.45) is 1.64. The Morgan fingerprint density at radius 1 is 0.706 bits per heavy atom. The highest BCUT2D eigenvalue weighted by molar-refractivity contribution is 5.93. The summed E-state index contributed by atoms with van der Waals surface area (Å²) >= 11 is 0. The van der Waals surface area contributed by atoms with Crippen molar-refractivity contribution in [3.63, 3.8) is 0 Å². The molecule has 10 heteroatoms. The quantitative estimate of drug-likeness (QED) is 0.167. The topological polar surface area (TPSA) is 108 Å². The molecule has 0 unspecified atom stereocenters. The van der Waals surface area contributed by atoms with Gasteiger partial charge in [-0.1, -0.05) is 31.9 Å². The second-order valence-electron chi connectivity index (χ2n) is 6.94. The van der Waals surface area contributed by atoms with Crippen LogP contribution in [0, 0.1) is 0 Å². The molecule has 0 aliphatic carbocycles. The Bertz CT molecular complexity index is 872. The molecule has 0 heterocycles. The largest absolute Gasteiger partial charge is 0.493 e. The number of para-hydroxylation sites is 2. The van der Waals surface area contributed by atoms with Crippen LogP contribution in [-0.2, 0) is 19.6 Å². The molecule has 0 fully saturated rings. The Morgan fingerprint density at radius 2 is 1.18 bits per heavy atom. The van der Waals surface area contributed by atoms with Gasteiger partial charge in [-0.25, -0.2) is 9.59 Å². The van der Waals surface area contributed by atoms with Gasteiger partial charge in [0.15, 0.2) is 23.0 Å². The average Bonchev–Trinajstić information content (AvgIpc) is 2.88. The lowest BCUT2D eigenvalue weighted by Gasteiger charge is -2.17. The number of hydrogen-bond donors (Lipinski definition) is 0. The van der Waals surface area contributed by atoms with Crippen molar-refractivity contribution in [1.82, 2.24) is 0 Å². The van der Waals surface area contributed by atoms with E-state index in [4.69, 9.17) is 38.5 Å². The van der Waals surface area contributed by atoms with Gasteiger partial charge in [-0.05, 0) is 30.7 Å². The Kier molecular flexibility index (Phi) is 10.9. The number of benzene rings is 2. The van der Waals surface area contributed by atoms with Crippen LogP contribution in [0.5, 0.6) is 23.0 Å². The average molecular weight is 478 g/mol. The fraction of sp³-hybridized carbons (Fsp3) is 0.417. The fourth-order valence-electron chi connectivity index (χ4n) is 3.05. The van der Waals surface area contributed by atoms with Gasteiger partial charge in [-0.3, -0.25) is 9.78 Å². The maximum Gasteiger partial charge on any atom is 0.377 e. The van der Waals surface area contributed by atoms with Crippen LogP contribution in [-0.4, -0.2) is 46.7 Å². The van der Waals surface area contributed by atoms with Gasteiger partial charge in [0.05, 0.1) is 28.4 Å². The van der Waals surface area contributed by atoms with Gasteiger partial charge in [0.25, 0.3) is 0 Å². The first-order valence-electron chi connectivity index (χ1n) is 10.7. The second-order valence-corrected chi connectivity index (χ2v) is 6.94. The maximum absolute atomic E-state index is 12.6. The molecule has 0 atom stereocenters. The lowest BCUT2D eigenvalue weighted by atomic mass is 10.2. The van der Waals surface area contributed by atoms with Crippen molar-refractivity contribution in [2.45, 2.75) is 38.9 Å². The van der Waals surface area contributed by atoms with Crippen molar-refractivity contribution in [1.29, 1.82) is 0 Å². The van der Waals surface area contributed by atoms with E-state index >= 15 is 0 Å². The van der Waals surface area contributed by atoms with Gasteiger partial charge in [-0.15, -0.1) is 9.78 Å². The summed E-state index contributed by atoms with van der Waals surface area (Å²) in [5.41, 5.74) is 0.180. The summed E-state index contributed by atoms with van der Waals surface area (Å²) in [7, 11) is 5.70. The van der Waals surface area contributed by atoms with Crippen molar-refractivity contribution in [2.75, 3.05) is 28.4 Å². The molecule has 0 aliphatic heterocycles. The predicted octanol–water partition coefficient (Wildman–Crippen LogP) is 4.50. The highest BCUT2D eigenvalue weighted by Gasteiger charge is 2.24. The fourth-order valence-corrected chi connectivity index (χ4v) is 3.05. The smallest absolute Gasteiger partial charge is 0.377 e. The number of carbonyl (C=O) groups is 2. The normalized spacial score (nSPS) is 10.5. The molecule has 2 rings (SSSR count). The van der Waals surface area contributed by atoms with Gasteiger partial charge in [0.2, 0.25) is 6.29 Å². The summed E-state index contributed by atoms with van der Waals surface area (Å²) in [5, 5.41) is 0. The van der Waals surface area contributed by atoms with Crippen LogP contribution in [0.4, 0.5) is 0 Å². The van der Waals surface area contributed by atoms with E-state index in [9.17, 15) is 9.59 Å². The van der Waals surface area contributed by atoms with Crippen LogP contribution in [0.25, 0.3) is 0 Å². The van der Waals surface area contributed by atoms with E-state index in [0.29, 0.717) is 24.3 Å². The van der Waals surface area contributed by atoms with Gasteiger partial charge in [0, 0.05) is 6.42 Å². The molecular formula is C24H30O10. The van der Waals surface area contributed by atoms with Crippen LogP contribution in [0.1, 0.15) is 53.3 Å². The van der Waals surface area contributed by atoms with Crippen LogP contribution in [0.3, 0.4) is 0 Å². The molecule has 0 amide bonds. The van der Waals surface area contributed by atoms with Gasteiger partial charge in [0.1, 0.15) is 11.1 Å². The first-order valence-corrected chi connectivity index (χ1v) is 10.7. The van der Waals surface area contributed by atoms with Gasteiger partial charge < -0.3 is 18.9 Å². The number of carbonyl (C=O) groups excluding carboxylic acids is 2. The lowest BCUT2D eigenvalue weighted by molar-refractivity contribution is -0.421. The number of ether oxygens (including phenoxy) is 4. The maximum atomic E-state index is 12.6. The van der Waals surface area contributed by atoms with Crippen molar-refractivity contribution >= 4 is 11.9 Å². The first kappa shape index (κ1) is 26.7. The van der Waals surface area contributed by atoms with Crippen molar-refractivity contribution in [2.24, 2.45) is 0 Å². The molecule has 0 radical (unpaired) electrons. The molecule has 0 bridgehead atoms. The van der Waals surface area contributed by atoms with E-state index in [0.717, 1.165) is 12.8 Å². The standard InChI is InChI=1S/C24H30O10/c1-6-7-8-15-20(31-33-23(25)16-11-9-13-18(27-2)21(16)29-4)32-34-24(26)17-12-10-14-19(28-3)22(17)30-5/h9-14,20H,6-8,15H2,1-5H3. The van der Waals surface area contributed by atoms with E-state index in [1.165, 1.54) is 40.6 Å².